The summed E-state index contributed by atoms with van der Waals surface area (Å²) in [5.74, 6) is 1.21. The molecule has 3 aromatic rings. The van der Waals surface area contributed by atoms with Crippen molar-refractivity contribution in [1.29, 1.82) is 0 Å². The number of piperidine rings is 1. The second-order valence-electron chi connectivity index (χ2n) is 7.08. The summed E-state index contributed by atoms with van der Waals surface area (Å²) in [5, 5.41) is 7.88. The number of nitrogens with one attached hydrogen (secondary N) is 1. The van der Waals surface area contributed by atoms with Crippen molar-refractivity contribution in [2.24, 2.45) is 5.92 Å². The zero-order chi connectivity index (χ0) is 18.8. The molecule has 1 aliphatic heterocycles. The van der Waals surface area contributed by atoms with Gasteiger partial charge in [-0.2, -0.15) is 0 Å². The lowest BCUT2D eigenvalue weighted by Gasteiger charge is -2.33. The monoisotopic (exact) mass is 364 g/mol. The Kier molecular flexibility index (Phi) is 4.79. The number of rotatable bonds is 4. The molecule has 0 bridgehead atoms. The van der Waals surface area contributed by atoms with Gasteiger partial charge in [0.1, 0.15) is 5.76 Å². The summed E-state index contributed by atoms with van der Waals surface area (Å²) >= 11 is 0. The molecule has 3 heterocycles. The minimum Gasteiger partial charge on any atom is -0.371 e. The molecule has 1 amide bonds. The largest absolute Gasteiger partial charge is 0.371 e. The molecule has 0 unspecified atom stereocenters. The van der Waals surface area contributed by atoms with Crippen molar-refractivity contribution in [2.45, 2.75) is 33.1 Å². The first kappa shape index (κ1) is 17.5. The Hall–Kier alpha value is -2.89. The molecule has 0 radical (unpaired) electrons. The van der Waals surface area contributed by atoms with Crippen LogP contribution in [0.1, 0.15) is 31.2 Å². The zero-order valence-corrected chi connectivity index (χ0v) is 15.7. The fraction of sp³-hybridized carbons (Fsp3) is 0.381. The number of anilines is 2. The Balaban J connectivity index is 1.48. The van der Waals surface area contributed by atoms with Crippen LogP contribution in [0.4, 0.5) is 11.5 Å². The van der Waals surface area contributed by atoms with E-state index in [0.717, 1.165) is 43.6 Å². The van der Waals surface area contributed by atoms with Gasteiger partial charge in [-0.3, -0.25) is 9.78 Å². The number of para-hydroxylation sites is 1. The molecule has 1 aliphatic rings. The molecule has 1 aromatic carbocycles. The average Bonchev–Trinajstić information content (AvgIpc) is 3.11. The van der Waals surface area contributed by atoms with Gasteiger partial charge in [0.2, 0.25) is 5.91 Å². The van der Waals surface area contributed by atoms with Gasteiger partial charge in [0.25, 0.3) is 0 Å². The molecule has 2 aromatic heterocycles. The topological polar surface area (TPSA) is 71.3 Å². The predicted molar refractivity (Wildman–Crippen MR) is 106 cm³/mol. The van der Waals surface area contributed by atoms with Gasteiger partial charge in [-0.05, 0) is 38.3 Å². The number of carbonyl (C=O) groups is 1. The molecule has 4 rings (SSSR count). The van der Waals surface area contributed by atoms with E-state index < -0.39 is 0 Å². The smallest absolute Gasteiger partial charge is 0.228 e. The van der Waals surface area contributed by atoms with Crippen LogP contribution in [-0.4, -0.2) is 29.1 Å². The van der Waals surface area contributed by atoms with E-state index in [1.165, 1.54) is 11.1 Å². The highest BCUT2D eigenvalue weighted by Crippen LogP contribution is 2.31. The van der Waals surface area contributed by atoms with E-state index in [4.69, 9.17) is 9.51 Å². The van der Waals surface area contributed by atoms with Crippen molar-refractivity contribution in [2.75, 3.05) is 23.3 Å². The van der Waals surface area contributed by atoms with Crippen LogP contribution < -0.4 is 10.2 Å². The second-order valence-corrected chi connectivity index (χ2v) is 7.08. The highest BCUT2D eigenvalue weighted by Gasteiger charge is 2.26. The fourth-order valence-electron chi connectivity index (χ4n) is 3.69. The molecular formula is C21H24N4O2. The van der Waals surface area contributed by atoms with E-state index in [1.54, 1.807) is 6.07 Å². The van der Waals surface area contributed by atoms with Crippen molar-refractivity contribution in [3.63, 3.8) is 0 Å². The summed E-state index contributed by atoms with van der Waals surface area (Å²) in [5.41, 5.74) is 3.36. The van der Waals surface area contributed by atoms with E-state index >= 15 is 0 Å². The third-order valence-corrected chi connectivity index (χ3v) is 5.20. The molecule has 140 valence electrons. The Bertz CT molecular complexity index is 958. The maximum atomic E-state index is 12.5. The van der Waals surface area contributed by atoms with Crippen LogP contribution in [0.25, 0.3) is 10.9 Å². The first-order valence-electron chi connectivity index (χ1n) is 9.52. The molecular weight excluding hydrogens is 340 g/mol. The molecule has 1 N–H and O–H groups in total. The first-order chi connectivity index (χ1) is 13.1. The number of carbonyl (C=O) groups excluding carboxylic acids is 1. The van der Waals surface area contributed by atoms with Crippen LogP contribution in [0.15, 0.2) is 40.9 Å². The third-order valence-electron chi connectivity index (χ3n) is 5.20. The van der Waals surface area contributed by atoms with Crippen LogP contribution in [0.3, 0.4) is 0 Å². The summed E-state index contributed by atoms with van der Waals surface area (Å²) in [6.07, 6.45) is 2.55. The van der Waals surface area contributed by atoms with Crippen molar-refractivity contribution < 1.29 is 9.32 Å². The van der Waals surface area contributed by atoms with Gasteiger partial charge in [0, 0.05) is 41.8 Å². The van der Waals surface area contributed by atoms with Gasteiger partial charge in [-0.15, -0.1) is 0 Å². The molecule has 1 saturated heterocycles. The predicted octanol–water partition coefficient (Wildman–Crippen LogP) is 3.95. The molecule has 6 nitrogen and oxygen atoms in total. The molecule has 6 heteroatoms. The average molecular weight is 364 g/mol. The van der Waals surface area contributed by atoms with Crippen LogP contribution >= 0.6 is 0 Å². The number of hydrogen-bond donors (Lipinski definition) is 1. The van der Waals surface area contributed by atoms with Crippen LogP contribution in [-0.2, 0) is 11.2 Å². The van der Waals surface area contributed by atoms with Gasteiger partial charge >= 0.3 is 0 Å². The SMILES string of the molecule is CCc1cc(N2CCC(C(=O)Nc3cc(C)on3)CC2)c2ccccc2n1. The van der Waals surface area contributed by atoms with E-state index in [9.17, 15) is 4.79 Å². The number of benzene rings is 1. The van der Waals surface area contributed by atoms with Crippen molar-refractivity contribution in [3.8, 4) is 0 Å². The molecule has 27 heavy (non-hydrogen) atoms. The quantitative estimate of drug-likeness (QED) is 0.759. The normalized spacial score (nSPS) is 15.3. The molecule has 0 atom stereocenters. The number of aromatic nitrogens is 2. The number of nitrogens with zero attached hydrogens (tertiary/aromatic N) is 3. The van der Waals surface area contributed by atoms with Crippen molar-refractivity contribution >= 4 is 28.3 Å². The third kappa shape index (κ3) is 3.65. The summed E-state index contributed by atoms with van der Waals surface area (Å²) in [6, 6.07) is 12.2. The minimum absolute atomic E-state index is 0.00277. The number of amides is 1. The molecule has 1 fully saturated rings. The summed E-state index contributed by atoms with van der Waals surface area (Å²) in [4.78, 5) is 19.6. The lowest BCUT2D eigenvalue weighted by molar-refractivity contribution is -0.120. The maximum absolute atomic E-state index is 12.5. The maximum Gasteiger partial charge on any atom is 0.228 e. The number of fused-ring (bicyclic) bond motifs is 1. The van der Waals surface area contributed by atoms with E-state index in [-0.39, 0.29) is 11.8 Å². The van der Waals surface area contributed by atoms with Crippen molar-refractivity contribution in [3.05, 3.63) is 47.9 Å². The van der Waals surface area contributed by atoms with Crippen LogP contribution in [0, 0.1) is 12.8 Å². The lowest BCUT2D eigenvalue weighted by atomic mass is 9.95. The van der Waals surface area contributed by atoms with Crippen molar-refractivity contribution in [1.82, 2.24) is 10.1 Å². The van der Waals surface area contributed by atoms with Gasteiger partial charge < -0.3 is 14.7 Å². The minimum atomic E-state index is -0.00277. The van der Waals surface area contributed by atoms with Gasteiger partial charge in [-0.1, -0.05) is 30.3 Å². The second kappa shape index (κ2) is 7.39. The summed E-state index contributed by atoms with van der Waals surface area (Å²) in [6.45, 7) is 5.65. The first-order valence-corrected chi connectivity index (χ1v) is 9.52. The van der Waals surface area contributed by atoms with E-state index in [2.05, 4.69) is 46.6 Å². The zero-order valence-electron chi connectivity index (χ0n) is 15.7. The summed E-state index contributed by atoms with van der Waals surface area (Å²) in [7, 11) is 0. The van der Waals surface area contributed by atoms with Crippen LogP contribution in [0.2, 0.25) is 0 Å². The number of hydrogen-bond acceptors (Lipinski definition) is 5. The number of aryl methyl sites for hydroxylation is 2. The van der Waals surface area contributed by atoms with Gasteiger partial charge in [0.15, 0.2) is 5.82 Å². The highest BCUT2D eigenvalue weighted by molar-refractivity contribution is 5.93. The Morgan fingerprint density at radius 3 is 2.74 bits per heavy atom. The standard InChI is InChI=1S/C21H24N4O2/c1-3-16-13-19(17-6-4-5-7-18(17)22-16)25-10-8-15(9-11-25)21(26)23-20-12-14(2)27-24-20/h4-7,12-13,15H,3,8-11H2,1-2H3,(H,23,24,26). The Morgan fingerprint density at radius 1 is 1.26 bits per heavy atom. The Labute approximate surface area is 158 Å². The highest BCUT2D eigenvalue weighted by atomic mass is 16.5. The fourth-order valence-corrected chi connectivity index (χ4v) is 3.69. The van der Waals surface area contributed by atoms with E-state index in [0.29, 0.717) is 11.6 Å². The van der Waals surface area contributed by atoms with E-state index in [1.807, 2.05) is 13.0 Å². The van der Waals surface area contributed by atoms with Gasteiger partial charge in [0.05, 0.1) is 5.52 Å². The lowest BCUT2D eigenvalue weighted by Crippen LogP contribution is -2.38. The van der Waals surface area contributed by atoms with Crippen LogP contribution in [0.5, 0.6) is 0 Å². The molecule has 0 aliphatic carbocycles. The molecule has 0 spiro atoms. The number of pyridine rings is 1. The summed E-state index contributed by atoms with van der Waals surface area (Å²) < 4.78 is 5.01. The van der Waals surface area contributed by atoms with Gasteiger partial charge in [-0.25, -0.2) is 0 Å². The Morgan fingerprint density at radius 2 is 2.04 bits per heavy atom. The molecule has 0 saturated carbocycles.